The molecule has 2 aliphatic rings. The van der Waals surface area contributed by atoms with Crippen molar-refractivity contribution in [1.29, 1.82) is 0 Å². The van der Waals surface area contributed by atoms with Crippen LogP contribution in [0.25, 0.3) is 11.3 Å². The highest BCUT2D eigenvalue weighted by atomic mass is 16.2. The van der Waals surface area contributed by atoms with E-state index in [-0.39, 0.29) is 12.1 Å². The van der Waals surface area contributed by atoms with Crippen LogP contribution in [0.4, 0.5) is 22.0 Å². The van der Waals surface area contributed by atoms with Crippen LogP contribution in [-0.4, -0.2) is 53.4 Å². The summed E-state index contributed by atoms with van der Waals surface area (Å²) in [5.74, 6) is 0.666. The number of carbonyl (C=O) groups is 1. The molecule has 5 rings (SSSR count). The van der Waals surface area contributed by atoms with E-state index in [1.54, 1.807) is 30.4 Å². The van der Waals surface area contributed by atoms with Gasteiger partial charge < -0.3 is 10.2 Å². The number of pyridine rings is 3. The topological polar surface area (TPSA) is 86.6 Å². The molecular formula is C23H23N7O. The van der Waals surface area contributed by atoms with Crippen molar-refractivity contribution in [1.82, 2.24) is 15.0 Å². The number of nitrogens with zero attached hydrogens (tertiary/aromatic N) is 6. The molecule has 0 unspecified atom stereocenters. The minimum absolute atomic E-state index is 0.0753. The van der Waals surface area contributed by atoms with E-state index in [1.165, 1.54) is 0 Å². The van der Waals surface area contributed by atoms with Gasteiger partial charge in [-0.15, -0.1) is 0 Å². The van der Waals surface area contributed by atoms with Crippen LogP contribution in [0, 0.1) is 6.92 Å². The second-order valence-corrected chi connectivity index (χ2v) is 7.77. The Morgan fingerprint density at radius 2 is 2.19 bits per heavy atom. The second-order valence-electron chi connectivity index (χ2n) is 7.77. The molecule has 1 fully saturated rings. The molecule has 1 N–H and O–H groups in total. The van der Waals surface area contributed by atoms with Gasteiger partial charge in [0.1, 0.15) is 0 Å². The van der Waals surface area contributed by atoms with E-state index < -0.39 is 0 Å². The largest absolute Gasteiger partial charge is 0.366 e. The number of urea groups is 1. The SMILES string of the molecule is C/N=C/c1cc2c(nc1-c1ccc(C)nc1)N(C(=O)Nc1cccnc1)[C@H]1CCN2C1. The molecule has 1 atom stereocenters. The molecule has 8 heteroatoms. The third-order valence-corrected chi connectivity index (χ3v) is 5.69. The quantitative estimate of drug-likeness (QED) is 0.664. The Hall–Kier alpha value is -3.81. The Morgan fingerprint density at radius 3 is 2.94 bits per heavy atom. The van der Waals surface area contributed by atoms with Gasteiger partial charge >= 0.3 is 6.03 Å². The summed E-state index contributed by atoms with van der Waals surface area (Å²) in [5.41, 5.74) is 5.11. The van der Waals surface area contributed by atoms with E-state index in [1.807, 2.05) is 37.5 Å². The monoisotopic (exact) mass is 413 g/mol. The van der Waals surface area contributed by atoms with Gasteiger partial charge in [-0.25, -0.2) is 9.78 Å². The maximum atomic E-state index is 13.3. The van der Waals surface area contributed by atoms with Gasteiger partial charge in [-0.05, 0) is 43.7 Å². The van der Waals surface area contributed by atoms with E-state index in [2.05, 4.69) is 31.2 Å². The first-order chi connectivity index (χ1) is 15.1. The van der Waals surface area contributed by atoms with Gasteiger partial charge in [0.15, 0.2) is 5.82 Å². The lowest BCUT2D eigenvalue weighted by molar-refractivity contribution is 0.255. The Bertz CT molecular complexity index is 1140. The zero-order chi connectivity index (χ0) is 21.4. The molecule has 8 nitrogen and oxygen atoms in total. The van der Waals surface area contributed by atoms with Crippen LogP contribution in [0.5, 0.6) is 0 Å². The van der Waals surface area contributed by atoms with E-state index in [0.29, 0.717) is 11.5 Å². The van der Waals surface area contributed by atoms with Crippen molar-refractivity contribution in [2.75, 3.05) is 35.3 Å². The molecule has 0 aliphatic carbocycles. The lowest BCUT2D eigenvalue weighted by atomic mass is 10.1. The van der Waals surface area contributed by atoms with Crippen LogP contribution >= 0.6 is 0 Å². The number of amides is 2. The van der Waals surface area contributed by atoms with Crippen molar-refractivity contribution in [3.63, 3.8) is 0 Å². The van der Waals surface area contributed by atoms with E-state index in [9.17, 15) is 4.79 Å². The standard InChI is InChI=1S/C23H23N7O/c1-15-5-6-16(12-26-15)21-17(11-24-2)10-20-22(28-21)30(19-7-9-29(20)14-19)23(31)27-18-4-3-8-25-13-18/h3-6,8,10-13,19H,7,9,14H2,1-2H3,(H,27,31)/b24-11+/t19-/m0/s1. The lowest BCUT2D eigenvalue weighted by Crippen LogP contribution is -2.48. The summed E-state index contributed by atoms with van der Waals surface area (Å²) in [5, 5.41) is 2.97. The molecule has 1 saturated heterocycles. The number of rotatable bonds is 3. The average molecular weight is 413 g/mol. The summed E-state index contributed by atoms with van der Waals surface area (Å²) in [7, 11) is 1.75. The van der Waals surface area contributed by atoms with Gasteiger partial charge in [0, 0.05) is 55.6 Å². The maximum absolute atomic E-state index is 13.3. The fourth-order valence-corrected chi connectivity index (χ4v) is 4.22. The zero-order valence-electron chi connectivity index (χ0n) is 17.5. The van der Waals surface area contributed by atoms with Crippen LogP contribution in [0.3, 0.4) is 0 Å². The normalized spacial score (nSPS) is 17.2. The first-order valence-electron chi connectivity index (χ1n) is 10.3. The minimum Gasteiger partial charge on any atom is -0.366 e. The predicted molar refractivity (Wildman–Crippen MR) is 122 cm³/mol. The van der Waals surface area contributed by atoms with E-state index in [4.69, 9.17) is 4.98 Å². The minimum atomic E-state index is -0.196. The number of aliphatic imine (C=N–C) groups is 1. The number of aryl methyl sites for hydroxylation is 1. The zero-order valence-corrected chi connectivity index (χ0v) is 17.5. The van der Waals surface area contributed by atoms with Gasteiger partial charge in [-0.2, -0.15) is 0 Å². The van der Waals surface area contributed by atoms with Crippen LogP contribution in [0.1, 0.15) is 17.7 Å². The smallest absolute Gasteiger partial charge is 0.327 e. The average Bonchev–Trinajstić information content (AvgIpc) is 3.20. The van der Waals surface area contributed by atoms with Crippen LogP contribution in [-0.2, 0) is 0 Å². The molecule has 156 valence electrons. The fraction of sp³-hybridized carbons (Fsp3) is 0.261. The molecule has 2 amide bonds. The molecule has 0 aromatic carbocycles. The second kappa shape index (κ2) is 7.79. The molecule has 2 aliphatic heterocycles. The van der Waals surface area contributed by atoms with Gasteiger partial charge in [0.25, 0.3) is 0 Å². The Labute approximate surface area is 180 Å². The molecule has 3 aromatic rings. The Balaban J connectivity index is 1.61. The third-order valence-electron chi connectivity index (χ3n) is 5.69. The van der Waals surface area contributed by atoms with Crippen LogP contribution < -0.4 is 15.1 Å². The lowest BCUT2D eigenvalue weighted by Gasteiger charge is -2.36. The summed E-state index contributed by atoms with van der Waals surface area (Å²) in [6.07, 6.45) is 7.84. The molecule has 0 spiro atoms. The fourth-order valence-electron chi connectivity index (χ4n) is 4.22. The van der Waals surface area contributed by atoms with Crippen molar-refractivity contribution in [2.45, 2.75) is 19.4 Å². The highest BCUT2D eigenvalue weighted by Gasteiger charge is 2.40. The Kier molecular flexibility index (Phi) is 4.82. The molecular weight excluding hydrogens is 390 g/mol. The maximum Gasteiger partial charge on any atom is 0.327 e. The van der Waals surface area contributed by atoms with Crippen molar-refractivity contribution in [2.24, 2.45) is 4.99 Å². The molecule has 3 aromatic heterocycles. The van der Waals surface area contributed by atoms with E-state index in [0.717, 1.165) is 47.7 Å². The molecule has 0 radical (unpaired) electrons. The van der Waals surface area contributed by atoms with Gasteiger partial charge in [-0.1, -0.05) is 0 Å². The summed E-state index contributed by atoms with van der Waals surface area (Å²) in [6.45, 7) is 3.64. The number of aromatic nitrogens is 3. The van der Waals surface area contributed by atoms with Gasteiger partial charge in [0.05, 0.1) is 29.3 Å². The molecule has 31 heavy (non-hydrogen) atoms. The van der Waals surface area contributed by atoms with E-state index >= 15 is 0 Å². The molecule has 2 bridgehead atoms. The van der Waals surface area contributed by atoms with Crippen LogP contribution in [0.2, 0.25) is 0 Å². The summed E-state index contributed by atoms with van der Waals surface area (Å²) >= 11 is 0. The number of carbonyl (C=O) groups excluding carboxylic acids is 1. The Morgan fingerprint density at radius 1 is 1.29 bits per heavy atom. The van der Waals surface area contributed by atoms with Crippen LogP contribution in [0.15, 0.2) is 53.9 Å². The third kappa shape index (κ3) is 3.50. The first-order valence-corrected chi connectivity index (χ1v) is 10.3. The highest BCUT2D eigenvalue weighted by molar-refractivity contribution is 6.05. The van der Waals surface area contributed by atoms with Crippen molar-refractivity contribution in [3.05, 3.63) is 60.2 Å². The van der Waals surface area contributed by atoms with Crippen molar-refractivity contribution in [3.8, 4) is 11.3 Å². The number of anilines is 3. The molecule has 0 saturated carbocycles. The first kappa shape index (κ1) is 19.2. The van der Waals surface area contributed by atoms with Crippen molar-refractivity contribution < 1.29 is 4.79 Å². The summed E-state index contributed by atoms with van der Waals surface area (Å²) in [4.78, 5) is 35.1. The predicted octanol–water partition coefficient (Wildman–Crippen LogP) is 3.53. The summed E-state index contributed by atoms with van der Waals surface area (Å²) < 4.78 is 0. The summed E-state index contributed by atoms with van der Waals surface area (Å²) in [6, 6.07) is 9.55. The number of hydrogen-bond donors (Lipinski definition) is 1. The number of nitrogens with one attached hydrogen (secondary N) is 1. The highest BCUT2D eigenvalue weighted by Crippen LogP contribution is 2.41. The van der Waals surface area contributed by atoms with Gasteiger partial charge in [0.2, 0.25) is 0 Å². The number of hydrogen-bond acceptors (Lipinski definition) is 6. The van der Waals surface area contributed by atoms with Gasteiger partial charge in [-0.3, -0.25) is 19.9 Å². The number of fused-ring (bicyclic) bond motifs is 4. The molecule has 5 heterocycles. The van der Waals surface area contributed by atoms with Crippen molar-refractivity contribution >= 4 is 29.4 Å².